The lowest BCUT2D eigenvalue weighted by atomic mass is 9.96. The van der Waals surface area contributed by atoms with Gasteiger partial charge in [-0.15, -0.1) is 0 Å². The van der Waals surface area contributed by atoms with Gasteiger partial charge in [-0.25, -0.2) is 0 Å². The largest absolute Gasteiger partial charge is 0.496 e. The van der Waals surface area contributed by atoms with Crippen LogP contribution in [0.15, 0.2) is 24.3 Å². The first kappa shape index (κ1) is 17.3. The number of benzene rings is 1. The van der Waals surface area contributed by atoms with E-state index in [0.29, 0.717) is 19.6 Å². The summed E-state index contributed by atoms with van der Waals surface area (Å²) in [5.74, 6) is 1.04. The van der Waals surface area contributed by atoms with Gasteiger partial charge in [0.05, 0.1) is 19.8 Å². The minimum atomic E-state index is -0.455. The number of nitriles is 1. The van der Waals surface area contributed by atoms with Crippen molar-refractivity contribution in [1.82, 2.24) is 5.32 Å². The number of amides is 1. The zero-order chi connectivity index (χ0) is 16.7. The number of rotatable bonds is 7. The molecule has 0 unspecified atom stereocenters. The Labute approximate surface area is 137 Å². The molecule has 1 heterocycles. The van der Waals surface area contributed by atoms with E-state index in [4.69, 9.17) is 9.47 Å². The minimum Gasteiger partial charge on any atom is -0.496 e. The maximum absolute atomic E-state index is 12.2. The van der Waals surface area contributed by atoms with Gasteiger partial charge in [0.1, 0.15) is 11.8 Å². The highest BCUT2D eigenvalue weighted by Crippen LogP contribution is 2.22. The number of ether oxygens (including phenoxy) is 2. The van der Waals surface area contributed by atoms with Crippen molar-refractivity contribution < 1.29 is 14.3 Å². The van der Waals surface area contributed by atoms with E-state index in [9.17, 15) is 10.1 Å². The summed E-state index contributed by atoms with van der Waals surface area (Å²) in [7, 11) is 1.65. The molecule has 1 fully saturated rings. The second-order valence-electron chi connectivity index (χ2n) is 6.12. The van der Waals surface area contributed by atoms with Gasteiger partial charge in [0.2, 0.25) is 5.91 Å². The fraction of sp³-hybridized carbons (Fsp3) is 0.556. The van der Waals surface area contributed by atoms with E-state index >= 15 is 0 Å². The summed E-state index contributed by atoms with van der Waals surface area (Å²) in [6.45, 7) is 3.25. The van der Waals surface area contributed by atoms with Crippen molar-refractivity contribution in [3.8, 4) is 11.8 Å². The van der Waals surface area contributed by atoms with Crippen LogP contribution in [0.2, 0.25) is 0 Å². The topological polar surface area (TPSA) is 71.3 Å². The Balaban J connectivity index is 1.85. The summed E-state index contributed by atoms with van der Waals surface area (Å²) in [6.07, 6.45) is 1.99. The van der Waals surface area contributed by atoms with Crippen LogP contribution in [0, 0.1) is 23.2 Å². The predicted octanol–water partition coefficient (Wildman–Crippen LogP) is 2.31. The highest BCUT2D eigenvalue weighted by Gasteiger charge is 2.27. The van der Waals surface area contributed by atoms with Gasteiger partial charge in [-0.05, 0) is 30.4 Å². The zero-order valence-corrected chi connectivity index (χ0v) is 13.7. The smallest absolute Gasteiger partial charge is 0.221 e. The second-order valence-corrected chi connectivity index (χ2v) is 6.12. The van der Waals surface area contributed by atoms with Gasteiger partial charge in [0, 0.05) is 18.9 Å². The summed E-state index contributed by atoms with van der Waals surface area (Å²) in [6, 6.07) is 9.57. The Kier molecular flexibility index (Phi) is 6.42. The Morgan fingerprint density at radius 2 is 2.30 bits per heavy atom. The van der Waals surface area contributed by atoms with Crippen LogP contribution in [-0.4, -0.2) is 32.3 Å². The van der Waals surface area contributed by atoms with E-state index < -0.39 is 6.04 Å². The second kappa shape index (κ2) is 8.54. The maximum Gasteiger partial charge on any atom is 0.221 e. The fourth-order valence-electron chi connectivity index (χ4n) is 2.94. The Hall–Kier alpha value is -2.06. The van der Waals surface area contributed by atoms with Gasteiger partial charge in [0.15, 0.2) is 0 Å². The summed E-state index contributed by atoms with van der Waals surface area (Å²) in [5, 5.41) is 12.1. The number of nitrogens with zero attached hydrogens (tertiary/aromatic N) is 1. The van der Waals surface area contributed by atoms with Crippen molar-refractivity contribution in [3.05, 3.63) is 29.8 Å². The molecule has 1 saturated heterocycles. The molecule has 5 nitrogen and oxygen atoms in total. The molecular weight excluding hydrogens is 292 g/mol. The third-order valence-electron chi connectivity index (χ3n) is 4.19. The van der Waals surface area contributed by atoms with Crippen molar-refractivity contribution in [1.29, 1.82) is 5.26 Å². The molecule has 23 heavy (non-hydrogen) atoms. The Morgan fingerprint density at radius 1 is 1.52 bits per heavy atom. The van der Waals surface area contributed by atoms with E-state index in [2.05, 4.69) is 11.4 Å². The molecule has 1 aromatic carbocycles. The third-order valence-corrected chi connectivity index (χ3v) is 4.19. The summed E-state index contributed by atoms with van der Waals surface area (Å²) in [5.41, 5.74) is 1.09. The van der Waals surface area contributed by atoms with Crippen LogP contribution >= 0.6 is 0 Å². The van der Waals surface area contributed by atoms with E-state index in [1.807, 2.05) is 31.2 Å². The SMILES string of the molecule is COc1ccccc1C[C@H](C)CC(=O)N[C@H](C#N)[C@H]1CCOC1. The van der Waals surface area contributed by atoms with Crippen LogP contribution < -0.4 is 10.1 Å². The van der Waals surface area contributed by atoms with Crippen LogP contribution in [0.5, 0.6) is 5.75 Å². The van der Waals surface area contributed by atoms with Gasteiger partial charge in [-0.3, -0.25) is 4.79 Å². The van der Waals surface area contributed by atoms with Crippen molar-refractivity contribution in [2.75, 3.05) is 20.3 Å². The molecule has 5 heteroatoms. The fourth-order valence-corrected chi connectivity index (χ4v) is 2.94. The molecular formula is C18H24N2O3. The molecule has 0 spiro atoms. The number of hydrogen-bond acceptors (Lipinski definition) is 4. The molecule has 2 rings (SSSR count). The van der Waals surface area contributed by atoms with Gasteiger partial charge >= 0.3 is 0 Å². The quantitative estimate of drug-likeness (QED) is 0.838. The zero-order valence-electron chi connectivity index (χ0n) is 13.7. The van der Waals surface area contributed by atoms with Crippen LogP contribution in [0.4, 0.5) is 0 Å². The number of para-hydroxylation sites is 1. The molecule has 0 aliphatic carbocycles. The highest BCUT2D eigenvalue weighted by molar-refractivity contribution is 5.76. The predicted molar refractivity (Wildman–Crippen MR) is 86.9 cm³/mol. The van der Waals surface area contributed by atoms with Gasteiger partial charge in [-0.2, -0.15) is 5.26 Å². The van der Waals surface area contributed by atoms with Gasteiger partial charge < -0.3 is 14.8 Å². The molecule has 1 aromatic rings. The van der Waals surface area contributed by atoms with E-state index in [-0.39, 0.29) is 17.7 Å². The van der Waals surface area contributed by atoms with Crippen molar-refractivity contribution in [2.24, 2.45) is 11.8 Å². The lowest BCUT2D eigenvalue weighted by Gasteiger charge is -2.19. The Bertz CT molecular complexity index is 562. The van der Waals surface area contributed by atoms with E-state index in [1.54, 1.807) is 7.11 Å². The van der Waals surface area contributed by atoms with Crippen molar-refractivity contribution in [2.45, 2.75) is 32.2 Å². The number of hydrogen-bond donors (Lipinski definition) is 1. The van der Waals surface area contributed by atoms with Crippen molar-refractivity contribution in [3.63, 3.8) is 0 Å². The first-order valence-electron chi connectivity index (χ1n) is 8.02. The molecule has 0 aromatic heterocycles. The number of carbonyl (C=O) groups excluding carboxylic acids is 1. The number of carbonyl (C=O) groups is 1. The third kappa shape index (κ3) is 4.97. The maximum atomic E-state index is 12.2. The van der Waals surface area contributed by atoms with Crippen LogP contribution in [0.25, 0.3) is 0 Å². The van der Waals surface area contributed by atoms with Crippen LogP contribution in [0.1, 0.15) is 25.3 Å². The molecule has 1 aliphatic heterocycles. The summed E-state index contributed by atoms with van der Waals surface area (Å²) >= 11 is 0. The monoisotopic (exact) mass is 316 g/mol. The average Bonchev–Trinajstić information content (AvgIpc) is 3.07. The first-order chi connectivity index (χ1) is 11.1. The molecule has 124 valence electrons. The highest BCUT2D eigenvalue weighted by atomic mass is 16.5. The number of methoxy groups -OCH3 is 1. The normalized spacial score (nSPS) is 19.6. The summed E-state index contributed by atoms with van der Waals surface area (Å²) < 4.78 is 10.6. The molecule has 0 radical (unpaired) electrons. The standard InChI is InChI=1S/C18H24N2O3/c1-13(9-14-5-3-4-6-17(14)22-2)10-18(21)20-16(11-19)15-7-8-23-12-15/h3-6,13,15-16H,7-10,12H2,1-2H3,(H,20,21)/t13-,15-,16+/m0/s1. The van der Waals surface area contributed by atoms with Gasteiger partial charge in [0.25, 0.3) is 0 Å². The lowest BCUT2D eigenvalue weighted by molar-refractivity contribution is -0.122. The molecule has 3 atom stereocenters. The van der Waals surface area contributed by atoms with E-state index in [1.165, 1.54) is 0 Å². The average molecular weight is 316 g/mol. The molecule has 1 aliphatic rings. The lowest BCUT2D eigenvalue weighted by Crippen LogP contribution is -2.40. The first-order valence-corrected chi connectivity index (χ1v) is 8.02. The minimum absolute atomic E-state index is 0.0779. The molecule has 0 bridgehead atoms. The van der Waals surface area contributed by atoms with Crippen LogP contribution in [-0.2, 0) is 16.0 Å². The van der Waals surface area contributed by atoms with Gasteiger partial charge in [-0.1, -0.05) is 25.1 Å². The molecule has 1 amide bonds. The van der Waals surface area contributed by atoms with E-state index in [0.717, 1.165) is 24.2 Å². The summed E-state index contributed by atoms with van der Waals surface area (Å²) in [4.78, 5) is 12.2. The number of nitrogens with one attached hydrogen (secondary N) is 1. The van der Waals surface area contributed by atoms with Crippen LogP contribution in [0.3, 0.4) is 0 Å². The van der Waals surface area contributed by atoms with Crippen molar-refractivity contribution >= 4 is 5.91 Å². The Morgan fingerprint density at radius 3 is 2.96 bits per heavy atom. The molecule has 0 saturated carbocycles. The molecule has 1 N–H and O–H groups in total.